The predicted octanol–water partition coefficient (Wildman–Crippen LogP) is 3.68. The van der Waals surface area contributed by atoms with Crippen molar-refractivity contribution in [3.8, 4) is 5.75 Å². The van der Waals surface area contributed by atoms with Crippen LogP contribution in [0.15, 0.2) is 42.6 Å². The Balaban J connectivity index is 1.37. The van der Waals surface area contributed by atoms with Crippen LogP contribution in [0.25, 0.3) is 0 Å². The zero-order chi connectivity index (χ0) is 22.7. The highest BCUT2D eigenvalue weighted by atomic mass is 16.5. The number of benzene rings is 1. The molecule has 1 N–H and O–H groups in total. The summed E-state index contributed by atoms with van der Waals surface area (Å²) < 4.78 is 9.38. The second-order valence-electron chi connectivity index (χ2n) is 8.54. The summed E-state index contributed by atoms with van der Waals surface area (Å²) in [6, 6.07) is 11.9. The molecular weight excluding hydrogens is 404 g/mol. The molecule has 0 bridgehead atoms. The van der Waals surface area contributed by atoms with E-state index < -0.39 is 0 Å². The van der Waals surface area contributed by atoms with Crippen molar-refractivity contribution in [1.29, 1.82) is 0 Å². The van der Waals surface area contributed by atoms with E-state index in [0.717, 1.165) is 44.0 Å². The molecule has 3 aromatic rings. The minimum atomic E-state index is -0.194. The lowest BCUT2D eigenvalue weighted by Gasteiger charge is -2.36. The molecule has 2 aromatic heterocycles. The molecule has 0 spiro atoms. The molecule has 1 atom stereocenters. The van der Waals surface area contributed by atoms with Crippen molar-refractivity contribution in [3.05, 3.63) is 59.5 Å². The highest BCUT2D eigenvalue weighted by Gasteiger charge is 2.26. The Kier molecular flexibility index (Phi) is 6.60. The van der Waals surface area contributed by atoms with Gasteiger partial charge in [-0.25, -0.2) is 4.68 Å². The van der Waals surface area contributed by atoms with E-state index in [1.54, 1.807) is 25.4 Å². The fraction of sp³-hybridized carbons (Fsp3) is 0.458. The predicted molar refractivity (Wildman–Crippen MR) is 124 cm³/mol. The third-order valence-electron chi connectivity index (χ3n) is 6.27. The summed E-state index contributed by atoms with van der Waals surface area (Å²) in [5.74, 6) is 1.08. The van der Waals surface area contributed by atoms with E-state index >= 15 is 0 Å². The molecule has 0 saturated carbocycles. The van der Waals surface area contributed by atoms with Gasteiger partial charge in [-0.3, -0.25) is 14.4 Å². The zero-order valence-electron chi connectivity index (χ0n) is 19.3. The minimum Gasteiger partial charge on any atom is -0.496 e. The van der Waals surface area contributed by atoms with Crippen LogP contribution >= 0.6 is 0 Å². The number of ether oxygens (including phenoxy) is 1. The maximum Gasteiger partial charge on any atom is 0.260 e. The number of nitrogens with one attached hydrogen (secondary N) is 1. The maximum absolute atomic E-state index is 12.8. The van der Waals surface area contributed by atoms with E-state index in [4.69, 9.17) is 4.74 Å². The van der Waals surface area contributed by atoms with Crippen LogP contribution in [0, 0.1) is 13.8 Å². The van der Waals surface area contributed by atoms with Crippen molar-refractivity contribution >= 4 is 11.7 Å². The fourth-order valence-corrected chi connectivity index (χ4v) is 4.52. The van der Waals surface area contributed by atoms with E-state index in [-0.39, 0.29) is 11.9 Å². The van der Waals surface area contributed by atoms with E-state index in [1.165, 1.54) is 5.69 Å². The van der Waals surface area contributed by atoms with Gasteiger partial charge in [-0.2, -0.15) is 10.2 Å². The molecule has 170 valence electrons. The average molecular weight is 437 g/mol. The molecule has 4 rings (SSSR count). The van der Waals surface area contributed by atoms with Crippen molar-refractivity contribution < 1.29 is 9.53 Å². The molecule has 1 aliphatic rings. The lowest BCUT2D eigenvalue weighted by Crippen LogP contribution is -2.42. The second-order valence-corrected chi connectivity index (χ2v) is 8.54. The van der Waals surface area contributed by atoms with Crippen LogP contribution in [0.1, 0.15) is 47.6 Å². The second kappa shape index (κ2) is 9.56. The first kappa shape index (κ1) is 22.1. The molecule has 1 amide bonds. The lowest BCUT2D eigenvalue weighted by molar-refractivity contribution is 0.102. The number of carbonyl (C=O) groups excluding carboxylic acids is 1. The molecule has 3 heterocycles. The van der Waals surface area contributed by atoms with Gasteiger partial charge in [0.15, 0.2) is 0 Å². The van der Waals surface area contributed by atoms with Gasteiger partial charge in [0.25, 0.3) is 5.91 Å². The number of carbonyl (C=O) groups is 1. The lowest BCUT2D eigenvalue weighted by atomic mass is 10.0. The van der Waals surface area contributed by atoms with Crippen LogP contribution in [-0.4, -0.2) is 56.6 Å². The van der Waals surface area contributed by atoms with Gasteiger partial charge in [0.2, 0.25) is 0 Å². The summed E-state index contributed by atoms with van der Waals surface area (Å²) in [6.45, 7) is 9.29. The quantitative estimate of drug-likeness (QED) is 0.611. The van der Waals surface area contributed by atoms with Crippen molar-refractivity contribution in [2.24, 2.45) is 0 Å². The minimum absolute atomic E-state index is 0.194. The van der Waals surface area contributed by atoms with Crippen LogP contribution in [0.5, 0.6) is 5.75 Å². The molecule has 1 aromatic carbocycles. The molecular formula is C24H32N6O2. The van der Waals surface area contributed by atoms with Crippen LogP contribution < -0.4 is 10.1 Å². The number of hydrogen-bond acceptors (Lipinski definition) is 5. The first-order valence-electron chi connectivity index (χ1n) is 11.2. The number of aryl methyl sites for hydroxylation is 2. The van der Waals surface area contributed by atoms with Crippen LogP contribution in [0.4, 0.5) is 5.82 Å². The molecule has 0 radical (unpaired) electrons. The molecule has 1 aliphatic heterocycles. The molecule has 0 unspecified atom stereocenters. The van der Waals surface area contributed by atoms with E-state index in [9.17, 15) is 4.79 Å². The Morgan fingerprint density at radius 2 is 1.97 bits per heavy atom. The third kappa shape index (κ3) is 4.70. The maximum atomic E-state index is 12.8. The number of nitrogens with zero attached hydrogens (tertiary/aromatic N) is 5. The molecule has 1 fully saturated rings. The molecule has 0 aliphatic carbocycles. The van der Waals surface area contributed by atoms with Crippen LogP contribution in [-0.2, 0) is 6.54 Å². The number of methoxy groups -OCH3 is 1. The van der Waals surface area contributed by atoms with Gasteiger partial charge in [0.05, 0.1) is 37.2 Å². The normalized spacial score (nSPS) is 16.1. The van der Waals surface area contributed by atoms with Gasteiger partial charge in [-0.05, 0) is 51.8 Å². The van der Waals surface area contributed by atoms with E-state index in [0.29, 0.717) is 17.4 Å². The van der Waals surface area contributed by atoms with Crippen molar-refractivity contribution in [2.45, 2.75) is 52.2 Å². The van der Waals surface area contributed by atoms with Crippen LogP contribution in [0.2, 0.25) is 0 Å². The topological polar surface area (TPSA) is 77.2 Å². The highest BCUT2D eigenvalue weighted by Crippen LogP contribution is 2.27. The SMILES string of the molecule is COc1ccccc1C(=O)Nc1ccnn1C1CCN([C@H](C)Cn2nc(C)cc2C)CC1. The van der Waals surface area contributed by atoms with Gasteiger partial charge in [-0.15, -0.1) is 0 Å². The largest absolute Gasteiger partial charge is 0.496 e. The number of hydrogen-bond donors (Lipinski definition) is 1. The number of para-hydroxylation sites is 1. The van der Waals surface area contributed by atoms with Crippen LogP contribution in [0.3, 0.4) is 0 Å². The third-order valence-corrected chi connectivity index (χ3v) is 6.27. The highest BCUT2D eigenvalue weighted by molar-refractivity contribution is 6.05. The first-order chi connectivity index (χ1) is 15.5. The van der Waals surface area contributed by atoms with Gasteiger partial charge in [0.1, 0.15) is 11.6 Å². The van der Waals surface area contributed by atoms with E-state index in [2.05, 4.69) is 45.0 Å². The smallest absolute Gasteiger partial charge is 0.260 e. The molecule has 8 nitrogen and oxygen atoms in total. The Morgan fingerprint density at radius 3 is 2.66 bits per heavy atom. The standard InChI is InChI=1S/C24H32N6O2/c1-17-15-18(2)29(27-17)16-19(3)28-13-10-20(11-14-28)30-23(9-12-25-30)26-24(31)21-7-5-6-8-22(21)32-4/h5-9,12,15,19-20H,10-11,13-14,16H2,1-4H3,(H,26,31)/t19-/m1/s1. The van der Waals surface area contributed by atoms with Gasteiger partial charge in [-0.1, -0.05) is 12.1 Å². The first-order valence-corrected chi connectivity index (χ1v) is 11.2. The summed E-state index contributed by atoms with van der Waals surface area (Å²) in [5, 5.41) is 12.1. The Morgan fingerprint density at radius 1 is 1.22 bits per heavy atom. The Bertz CT molecular complexity index is 1060. The summed E-state index contributed by atoms with van der Waals surface area (Å²) in [4.78, 5) is 15.3. The average Bonchev–Trinajstić information content (AvgIpc) is 3.39. The van der Waals surface area contributed by atoms with Gasteiger partial charge < -0.3 is 10.1 Å². The van der Waals surface area contributed by atoms with Crippen molar-refractivity contribution in [1.82, 2.24) is 24.5 Å². The van der Waals surface area contributed by atoms with E-state index in [1.807, 2.05) is 29.8 Å². The summed E-state index contributed by atoms with van der Waals surface area (Å²) in [6.07, 6.45) is 3.72. The number of aromatic nitrogens is 4. The fourth-order valence-electron chi connectivity index (χ4n) is 4.52. The zero-order valence-corrected chi connectivity index (χ0v) is 19.3. The van der Waals surface area contributed by atoms with Gasteiger partial charge in [0, 0.05) is 30.9 Å². The summed E-state index contributed by atoms with van der Waals surface area (Å²) >= 11 is 0. The van der Waals surface area contributed by atoms with Crippen molar-refractivity contribution in [2.75, 3.05) is 25.5 Å². The Hall–Kier alpha value is -3.13. The number of amides is 1. The summed E-state index contributed by atoms with van der Waals surface area (Å²) in [5.41, 5.74) is 2.78. The summed E-state index contributed by atoms with van der Waals surface area (Å²) in [7, 11) is 1.57. The molecule has 32 heavy (non-hydrogen) atoms. The monoisotopic (exact) mass is 436 g/mol. The Labute approximate surface area is 189 Å². The number of likely N-dealkylation sites (tertiary alicyclic amines) is 1. The number of rotatable bonds is 7. The van der Waals surface area contributed by atoms with Gasteiger partial charge >= 0.3 is 0 Å². The van der Waals surface area contributed by atoms with Crippen molar-refractivity contribution in [3.63, 3.8) is 0 Å². The molecule has 1 saturated heterocycles. The number of piperidine rings is 1. The number of anilines is 1. The molecule has 8 heteroatoms.